The van der Waals surface area contributed by atoms with E-state index in [9.17, 15) is 0 Å². The molecule has 0 bridgehead atoms. The van der Waals surface area contributed by atoms with Crippen molar-refractivity contribution >= 4 is 0 Å². The monoisotopic (exact) mass is 470 g/mol. The van der Waals surface area contributed by atoms with Crippen molar-refractivity contribution < 1.29 is 13.9 Å². The van der Waals surface area contributed by atoms with Gasteiger partial charge in [-0.05, 0) is 55.6 Å². The highest BCUT2D eigenvalue weighted by molar-refractivity contribution is 5.81. The van der Waals surface area contributed by atoms with Crippen LogP contribution < -0.4 is 20.5 Å². The maximum absolute atomic E-state index is 6.11. The lowest BCUT2D eigenvalue weighted by molar-refractivity contribution is 0.208. The first kappa shape index (κ1) is 23.1. The average molecular weight is 471 g/mol. The van der Waals surface area contributed by atoms with Crippen molar-refractivity contribution in [2.75, 3.05) is 26.8 Å². The van der Waals surface area contributed by atoms with Crippen LogP contribution in [0.4, 0.5) is 0 Å². The van der Waals surface area contributed by atoms with Crippen molar-refractivity contribution in [3.05, 3.63) is 72.8 Å². The van der Waals surface area contributed by atoms with Crippen LogP contribution in [0.25, 0.3) is 33.6 Å². The van der Waals surface area contributed by atoms with Gasteiger partial charge in [0, 0.05) is 28.8 Å². The summed E-state index contributed by atoms with van der Waals surface area (Å²) in [7, 11) is 1.67. The average Bonchev–Trinajstić information content (AvgIpc) is 3.47. The first-order valence-electron chi connectivity index (χ1n) is 12.0. The first-order chi connectivity index (χ1) is 17.2. The lowest BCUT2D eigenvalue weighted by Gasteiger charge is -2.22. The van der Waals surface area contributed by atoms with Gasteiger partial charge in [0.2, 0.25) is 5.88 Å². The molecule has 35 heavy (non-hydrogen) atoms. The summed E-state index contributed by atoms with van der Waals surface area (Å²) >= 11 is 0. The van der Waals surface area contributed by atoms with E-state index in [4.69, 9.17) is 29.6 Å². The Morgan fingerprint density at radius 1 is 1.00 bits per heavy atom. The van der Waals surface area contributed by atoms with Crippen molar-refractivity contribution in [1.29, 1.82) is 0 Å². The van der Waals surface area contributed by atoms with Gasteiger partial charge in [-0.3, -0.25) is 0 Å². The maximum atomic E-state index is 6.11. The molecule has 1 aliphatic heterocycles. The van der Waals surface area contributed by atoms with Gasteiger partial charge in [-0.15, -0.1) is 0 Å². The quantitative estimate of drug-likeness (QED) is 0.377. The molecule has 0 radical (unpaired) electrons. The number of benzene rings is 2. The summed E-state index contributed by atoms with van der Waals surface area (Å²) in [6, 6.07) is 16.0. The van der Waals surface area contributed by atoms with Crippen molar-refractivity contribution in [2.45, 2.75) is 19.4 Å². The highest BCUT2D eigenvalue weighted by Crippen LogP contribution is 2.37. The van der Waals surface area contributed by atoms with Gasteiger partial charge in [0.05, 0.1) is 38.1 Å². The molecule has 5 rings (SSSR count). The standard InChI is InChI=1S/C28H30N4O3/c1-33-25-14-22(6-7-24(25)23-10-13-34-18-23)28-27(21-4-2-19(15-29)3-5-21)31-16-26(32-28)35-17-20-8-11-30-12-9-20/h2-7,10,13-14,16,18,20,30H,8-9,11-12,15,17,29H2,1H3. The molecule has 0 amide bonds. The minimum Gasteiger partial charge on any atom is -0.496 e. The van der Waals surface area contributed by atoms with E-state index in [-0.39, 0.29) is 0 Å². The van der Waals surface area contributed by atoms with Gasteiger partial charge < -0.3 is 24.9 Å². The summed E-state index contributed by atoms with van der Waals surface area (Å²) < 4.78 is 17.1. The minimum absolute atomic E-state index is 0.495. The molecule has 180 valence electrons. The predicted molar refractivity (Wildman–Crippen MR) is 136 cm³/mol. The molecule has 0 atom stereocenters. The second-order valence-corrected chi connectivity index (χ2v) is 8.74. The second kappa shape index (κ2) is 10.7. The second-order valence-electron chi connectivity index (χ2n) is 8.74. The van der Waals surface area contributed by atoms with Crippen LogP contribution in [0, 0.1) is 5.92 Å². The van der Waals surface area contributed by atoms with Gasteiger partial charge in [-0.2, -0.15) is 0 Å². The number of nitrogens with one attached hydrogen (secondary N) is 1. The number of hydrogen-bond donors (Lipinski definition) is 2. The summed E-state index contributed by atoms with van der Waals surface area (Å²) in [5.41, 5.74) is 12.1. The zero-order valence-corrected chi connectivity index (χ0v) is 19.9. The molecular weight excluding hydrogens is 440 g/mol. The molecule has 7 nitrogen and oxygen atoms in total. The van der Waals surface area contributed by atoms with Crippen LogP contribution in [0.2, 0.25) is 0 Å². The fourth-order valence-corrected chi connectivity index (χ4v) is 4.40. The molecular formula is C28H30N4O3. The highest BCUT2D eigenvalue weighted by Gasteiger charge is 2.18. The summed E-state index contributed by atoms with van der Waals surface area (Å²) in [4.78, 5) is 9.70. The molecule has 1 aliphatic rings. The Kier molecular flexibility index (Phi) is 7.07. The molecule has 2 aromatic carbocycles. The Morgan fingerprint density at radius 3 is 2.51 bits per heavy atom. The number of rotatable bonds is 8. The van der Waals surface area contributed by atoms with Crippen LogP contribution in [0.3, 0.4) is 0 Å². The number of ether oxygens (including phenoxy) is 2. The molecule has 4 aromatic rings. The van der Waals surface area contributed by atoms with Crippen molar-refractivity contribution in [3.8, 4) is 45.3 Å². The Balaban J connectivity index is 1.52. The van der Waals surface area contributed by atoms with Crippen LogP contribution in [0.1, 0.15) is 18.4 Å². The van der Waals surface area contributed by atoms with Gasteiger partial charge >= 0.3 is 0 Å². The van der Waals surface area contributed by atoms with Crippen LogP contribution in [0.5, 0.6) is 11.6 Å². The van der Waals surface area contributed by atoms with Crippen LogP contribution >= 0.6 is 0 Å². The molecule has 3 heterocycles. The smallest absolute Gasteiger partial charge is 0.232 e. The normalized spacial score (nSPS) is 14.1. The third kappa shape index (κ3) is 5.21. The van der Waals surface area contributed by atoms with Crippen LogP contribution in [-0.4, -0.2) is 36.8 Å². The van der Waals surface area contributed by atoms with Crippen LogP contribution in [-0.2, 0) is 6.54 Å². The van der Waals surface area contributed by atoms with Gasteiger partial charge in [0.1, 0.15) is 11.4 Å². The fourth-order valence-electron chi connectivity index (χ4n) is 4.40. The van der Waals surface area contributed by atoms with Crippen molar-refractivity contribution in [2.24, 2.45) is 11.7 Å². The third-order valence-electron chi connectivity index (χ3n) is 6.45. The minimum atomic E-state index is 0.495. The van der Waals surface area contributed by atoms with E-state index in [1.807, 2.05) is 48.5 Å². The number of furan rings is 1. The number of methoxy groups -OCH3 is 1. The molecule has 2 aromatic heterocycles. The molecule has 0 spiro atoms. The molecule has 1 fully saturated rings. The number of nitrogens with two attached hydrogens (primary N) is 1. The predicted octanol–water partition coefficient (Wildman–Crippen LogP) is 4.92. The van der Waals surface area contributed by atoms with Crippen molar-refractivity contribution in [1.82, 2.24) is 15.3 Å². The zero-order valence-electron chi connectivity index (χ0n) is 19.9. The van der Waals surface area contributed by atoms with Gasteiger partial charge in [-0.25, -0.2) is 9.97 Å². The van der Waals surface area contributed by atoms with E-state index in [1.165, 1.54) is 0 Å². The summed E-state index contributed by atoms with van der Waals surface area (Å²) in [5.74, 6) is 1.79. The molecule has 0 unspecified atom stereocenters. The van der Waals surface area contributed by atoms with E-state index in [2.05, 4.69) is 5.32 Å². The van der Waals surface area contributed by atoms with Gasteiger partial charge in [-0.1, -0.05) is 30.3 Å². The largest absolute Gasteiger partial charge is 0.496 e. The summed E-state index contributed by atoms with van der Waals surface area (Å²) in [6.07, 6.45) is 7.29. The Morgan fingerprint density at radius 2 is 1.80 bits per heavy atom. The molecule has 1 saturated heterocycles. The Labute approximate surface area is 205 Å². The topological polar surface area (TPSA) is 95.4 Å². The van der Waals surface area contributed by atoms with Gasteiger partial charge in [0.15, 0.2) is 0 Å². The lowest BCUT2D eigenvalue weighted by atomic mass is 9.99. The summed E-state index contributed by atoms with van der Waals surface area (Å²) in [6.45, 7) is 3.20. The fraction of sp³-hybridized carbons (Fsp3) is 0.286. The maximum Gasteiger partial charge on any atom is 0.232 e. The SMILES string of the molecule is COc1cc(-c2nc(OCC3CCNCC3)cnc2-c2ccc(CN)cc2)ccc1-c1ccoc1. The molecule has 0 saturated carbocycles. The molecule has 0 aliphatic carbocycles. The van der Waals surface area contributed by atoms with E-state index in [0.29, 0.717) is 24.9 Å². The molecule has 3 N–H and O–H groups in total. The number of piperidine rings is 1. The lowest BCUT2D eigenvalue weighted by Crippen LogP contribution is -2.30. The first-order valence-corrected chi connectivity index (χ1v) is 12.0. The highest BCUT2D eigenvalue weighted by atomic mass is 16.5. The van der Waals surface area contributed by atoms with Crippen LogP contribution in [0.15, 0.2) is 71.7 Å². The van der Waals surface area contributed by atoms with E-state index in [0.717, 1.165) is 70.9 Å². The van der Waals surface area contributed by atoms with E-state index < -0.39 is 0 Å². The van der Waals surface area contributed by atoms with Gasteiger partial charge in [0.25, 0.3) is 0 Å². The van der Waals surface area contributed by atoms with E-state index >= 15 is 0 Å². The number of aromatic nitrogens is 2. The summed E-state index contributed by atoms with van der Waals surface area (Å²) in [5, 5.41) is 3.39. The zero-order chi connectivity index (χ0) is 24.0. The Bertz CT molecular complexity index is 1250. The number of hydrogen-bond acceptors (Lipinski definition) is 7. The number of nitrogens with zero attached hydrogens (tertiary/aromatic N) is 2. The third-order valence-corrected chi connectivity index (χ3v) is 6.45. The van der Waals surface area contributed by atoms with Crippen molar-refractivity contribution in [3.63, 3.8) is 0 Å². The van der Waals surface area contributed by atoms with E-state index in [1.54, 1.807) is 25.8 Å². The molecule has 7 heteroatoms. The Hall–Kier alpha value is -3.68.